The van der Waals surface area contributed by atoms with Crippen molar-refractivity contribution in [1.82, 2.24) is 0 Å². The summed E-state index contributed by atoms with van der Waals surface area (Å²) in [5.74, 6) is 0. The molecule has 0 saturated heterocycles. The second-order valence-electron chi connectivity index (χ2n) is 1.38. The molecule has 0 aromatic carbocycles. The normalized spacial score (nSPS) is 15.4. The number of hydrogen-bond donors (Lipinski definition) is 3. The highest BCUT2D eigenvalue weighted by atomic mass is 16.4. The van der Waals surface area contributed by atoms with E-state index in [-0.39, 0.29) is 11.8 Å². The lowest BCUT2D eigenvalue weighted by atomic mass is 10.2. The van der Waals surface area contributed by atoms with E-state index in [0.717, 1.165) is 0 Å². The van der Waals surface area contributed by atoms with Crippen LogP contribution < -0.4 is 0 Å². The average molecular weight is 138 g/mol. The average Bonchev–Trinajstić information content (AvgIpc) is 1.84. The van der Waals surface area contributed by atoms with Crippen molar-refractivity contribution in [3.63, 3.8) is 0 Å². The first-order valence-corrected chi connectivity index (χ1v) is 2.14. The van der Waals surface area contributed by atoms with Crippen LogP contribution in [-0.4, -0.2) is 45.9 Å². The van der Waals surface area contributed by atoms with Gasteiger partial charge in [0.1, 0.15) is 12.2 Å². The predicted octanol–water partition coefficient (Wildman–Crippen LogP) is -2.93. The lowest BCUT2D eigenvalue weighted by Crippen LogP contribution is -2.30. The molecule has 0 unspecified atom stereocenters. The van der Waals surface area contributed by atoms with Gasteiger partial charge in [-0.2, -0.15) is 0 Å². The molecule has 2 atom stereocenters. The molecule has 0 spiro atoms. The minimum Gasteiger partial charge on any atom is -0.412 e. The number of aliphatic hydroxyl groups is 3. The Kier molecular flexibility index (Phi) is 7.10. The summed E-state index contributed by atoms with van der Waals surface area (Å²) in [7, 11) is 0. The summed E-state index contributed by atoms with van der Waals surface area (Å²) in [5, 5.41) is 24.8. The van der Waals surface area contributed by atoms with Crippen LogP contribution in [-0.2, 0) is 4.79 Å². The van der Waals surface area contributed by atoms with Gasteiger partial charge in [-0.25, -0.2) is 0 Å². The minimum absolute atomic E-state index is 0. The number of carbonyl (C=O) groups is 1. The van der Waals surface area contributed by atoms with E-state index in [9.17, 15) is 4.79 Å². The summed E-state index contributed by atoms with van der Waals surface area (Å²) < 4.78 is 0. The number of hydrogen-bond acceptors (Lipinski definition) is 4. The van der Waals surface area contributed by atoms with E-state index in [1.807, 2.05) is 0 Å². The molecule has 0 aromatic rings. The molecule has 5 N–H and O–H groups in total. The van der Waals surface area contributed by atoms with Gasteiger partial charge in [0, 0.05) is 0 Å². The minimum atomic E-state index is -1.46. The Morgan fingerprint density at radius 3 is 2.00 bits per heavy atom. The van der Waals surface area contributed by atoms with E-state index in [0.29, 0.717) is 0 Å². The van der Waals surface area contributed by atoms with Gasteiger partial charge < -0.3 is 25.6 Å². The van der Waals surface area contributed by atoms with E-state index in [2.05, 4.69) is 0 Å². The van der Waals surface area contributed by atoms with Crippen molar-refractivity contribution >= 4 is 6.29 Å². The largest absolute Gasteiger partial charge is 0.412 e. The number of aliphatic hydroxyl groups excluding tert-OH is 3. The van der Waals surface area contributed by atoms with Crippen LogP contribution in [0.4, 0.5) is 0 Å². The highest BCUT2D eigenvalue weighted by Crippen LogP contribution is 1.85. The van der Waals surface area contributed by atoms with Crippen LogP contribution in [0, 0.1) is 0 Å². The Bertz CT molecular complexity index is 73.4. The highest BCUT2D eigenvalue weighted by Gasteiger charge is 2.12. The van der Waals surface area contributed by atoms with Crippen LogP contribution in [0.3, 0.4) is 0 Å². The number of rotatable bonds is 3. The fraction of sp³-hybridized carbons (Fsp3) is 0.750. The molecule has 0 amide bonds. The predicted molar refractivity (Wildman–Crippen MR) is 28.8 cm³/mol. The van der Waals surface area contributed by atoms with Crippen LogP contribution in [0.2, 0.25) is 0 Å². The third kappa shape index (κ3) is 4.04. The number of carbonyl (C=O) groups excluding carboxylic acids is 1. The van der Waals surface area contributed by atoms with Crippen molar-refractivity contribution in [2.45, 2.75) is 12.2 Å². The molecular weight excluding hydrogens is 128 g/mol. The molecule has 0 heterocycles. The van der Waals surface area contributed by atoms with Gasteiger partial charge in [0.25, 0.3) is 0 Å². The molecule has 5 heteroatoms. The zero-order chi connectivity index (χ0) is 6.57. The third-order valence-corrected chi connectivity index (χ3v) is 0.721. The van der Waals surface area contributed by atoms with Crippen molar-refractivity contribution in [3.8, 4) is 0 Å². The molecule has 0 aromatic heterocycles. The lowest BCUT2D eigenvalue weighted by Gasteiger charge is -2.06. The molecule has 0 aliphatic heterocycles. The van der Waals surface area contributed by atoms with Gasteiger partial charge >= 0.3 is 0 Å². The van der Waals surface area contributed by atoms with E-state index in [1.165, 1.54) is 0 Å². The molecule has 0 saturated carbocycles. The maximum atomic E-state index is 9.58. The Morgan fingerprint density at radius 2 is 1.89 bits per heavy atom. The van der Waals surface area contributed by atoms with Crippen LogP contribution in [0.15, 0.2) is 0 Å². The summed E-state index contributed by atoms with van der Waals surface area (Å²) in [6.45, 7) is -0.597. The van der Waals surface area contributed by atoms with Crippen molar-refractivity contribution in [1.29, 1.82) is 0 Å². The first-order valence-electron chi connectivity index (χ1n) is 2.14. The molecule has 0 radical (unpaired) electrons. The first-order chi connectivity index (χ1) is 3.72. The van der Waals surface area contributed by atoms with Crippen molar-refractivity contribution in [2.75, 3.05) is 6.61 Å². The van der Waals surface area contributed by atoms with E-state index < -0.39 is 18.8 Å². The van der Waals surface area contributed by atoms with Crippen LogP contribution in [0.1, 0.15) is 0 Å². The summed E-state index contributed by atoms with van der Waals surface area (Å²) in [6, 6.07) is 0. The van der Waals surface area contributed by atoms with Gasteiger partial charge in [-0.05, 0) is 0 Å². The lowest BCUT2D eigenvalue weighted by molar-refractivity contribution is -0.121. The first kappa shape index (κ1) is 11.3. The van der Waals surface area contributed by atoms with E-state index in [1.54, 1.807) is 0 Å². The van der Waals surface area contributed by atoms with E-state index >= 15 is 0 Å². The zero-order valence-electron chi connectivity index (χ0n) is 4.69. The standard InChI is InChI=1S/C4H8O4.H2O/c5-1-3(7)4(8)2-6;/h1,3-4,6-8H,2H2;1H2/t3-,4-;/m1./s1. The summed E-state index contributed by atoms with van der Waals surface area (Å²) in [4.78, 5) is 9.58. The highest BCUT2D eigenvalue weighted by molar-refractivity contribution is 5.56. The molecule has 0 aliphatic rings. The fourth-order valence-electron chi connectivity index (χ4n) is 0.199. The summed E-state index contributed by atoms with van der Waals surface area (Å²) >= 11 is 0. The Morgan fingerprint density at radius 1 is 1.44 bits per heavy atom. The molecule has 0 rings (SSSR count). The molecule has 56 valence electrons. The van der Waals surface area contributed by atoms with Gasteiger partial charge in [0.2, 0.25) is 0 Å². The van der Waals surface area contributed by atoms with Crippen LogP contribution in [0.25, 0.3) is 0 Å². The quantitative estimate of drug-likeness (QED) is 0.363. The number of aldehydes is 1. The van der Waals surface area contributed by atoms with Gasteiger partial charge in [-0.1, -0.05) is 0 Å². The molecule has 5 nitrogen and oxygen atoms in total. The van der Waals surface area contributed by atoms with Gasteiger partial charge in [-0.15, -0.1) is 0 Å². The van der Waals surface area contributed by atoms with E-state index in [4.69, 9.17) is 15.3 Å². The fourth-order valence-corrected chi connectivity index (χ4v) is 0.199. The maximum Gasteiger partial charge on any atom is 0.151 e. The third-order valence-electron chi connectivity index (χ3n) is 0.721. The van der Waals surface area contributed by atoms with Crippen LogP contribution in [0.5, 0.6) is 0 Å². The van der Waals surface area contributed by atoms with Gasteiger partial charge in [-0.3, -0.25) is 0 Å². The smallest absolute Gasteiger partial charge is 0.151 e. The second-order valence-corrected chi connectivity index (χ2v) is 1.38. The molecular formula is C4H10O5. The SMILES string of the molecule is O.O=C[C@@H](O)[C@H](O)CO. The molecule has 0 aliphatic carbocycles. The monoisotopic (exact) mass is 138 g/mol. The Balaban J connectivity index is 0. The topological polar surface area (TPSA) is 109 Å². The van der Waals surface area contributed by atoms with Gasteiger partial charge in [0.15, 0.2) is 6.29 Å². The van der Waals surface area contributed by atoms with Crippen molar-refractivity contribution < 1.29 is 25.6 Å². The van der Waals surface area contributed by atoms with Crippen molar-refractivity contribution in [3.05, 3.63) is 0 Å². The zero-order valence-corrected chi connectivity index (χ0v) is 4.69. The summed E-state index contributed by atoms with van der Waals surface area (Å²) in [6.07, 6.45) is -2.63. The van der Waals surface area contributed by atoms with Crippen molar-refractivity contribution in [2.24, 2.45) is 0 Å². The van der Waals surface area contributed by atoms with Crippen LogP contribution >= 0.6 is 0 Å². The second kappa shape index (κ2) is 5.64. The molecule has 0 fully saturated rings. The Labute approximate surface area is 51.9 Å². The van der Waals surface area contributed by atoms with Gasteiger partial charge in [0.05, 0.1) is 6.61 Å². The maximum absolute atomic E-state index is 9.58. The molecule has 9 heavy (non-hydrogen) atoms. The summed E-state index contributed by atoms with van der Waals surface area (Å²) in [5.41, 5.74) is 0. The molecule has 0 bridgehead atoms. The Hall–Kier alpha value is -0.490.